The van der Waals surface area contributed by atoms with Crippen LogP contribution in [0.3, 0.4) is 0 Å². The van der Waals surface area contributed by atoms with Gasteiger partial charge in [0.05, 0.1) is 5.69 Å². The molecular weight excluding hydrogens is 184 g/mol. The molecule has 0 atom stereocenters. The summed E-state index contributed by atoms with van der Waals surface area (Å²) in [5.41, 5.74) is 2.65. The van der Waals surface area contributed by atoms with Gasteiger partial charge in [-0.2, -0.15) is 0 Å². The Labute approximate surface area is 89.5 Å². The second kappa shape index (κ2) is 3.31. The predicted octanol–water partition coefficient (Wildman–Crippen LogP) is 2.57. The zero-order valence-electron chi connectivity index (χ0n) is 8.90. The first-order chi connectivity index (χ1) is 7.38. The van der Waals surface area contributed by atoms with Crippen LogP contribution >= 0.6 is 0 Å². The topological polar surface area (TPSA) is 16.1 Å². The van der Waals surface area contributed by atoms with E-state index in [9.17, 15) is 0 Å². The molecule has 1 aliphatic heterocycles. The number of hydrogen-bond donors (Lipinski definition) is 0. The largest absolute Gasteiger partial charge is 0.293 e. The number of rotatable bonds is 1. The number of pyridine rings is 1. The van der Waals surface area contributed by atoms with E-state index in [4.69, 9.17) is 0 Å². The average molecular weight is 198 g/mol. The third-order valence-electron chi connectivity index (χ3n) is 3.17. The van der Waals surface area contributed by atoms with Crippen molar-refractivity contribution in [3.05, 3.63) is 41.7 Å². The van der Waals surface area contributed by atoms with Gasteiger partial charge in [-0.25, -0.2) is 0 Å². The van der Waals surface area contributed by atoms with Gasteiger partial charge >= 0.3 is 0 Å². The lowest BCUT2D eigenvalue weighted by Crippen LogP contribution is -2.26. The van der Waals surface area contributed by atoms with Gasteiger partial charge < -0.3 is 0 Å². The zero-order chi connectivity index (χ0) is 10.3. The highest BCUT2D eigenvalue weighted by molar-refractivity contribution is 5.88. The molecule has 0 N–H and O–H groups in total. The molecule has 1 aliphatic rings. The maximum Gasteiger partial charge on any atom is 0.0625 e. The Kier molecular flexibility index (Phi) is 1.96. The SMILES string of the molecule is CCN1Cc2cccc3ccnc(c23)C1. The monoisotopic (exact) mass is 198 g/mol. The lowest BCUT2D eigenvalue weighted by atomic mass is 9.99. The van der Waals surface area contributed by atoms with E-state index in [0.717, 1.165) is 19.6 Å². The van der Waals surface area contributed by atoms with E-state index in [2.05, 4.69) is 41.1 Å². The predicted molar refractivity (Wildman–Crippen MR) is 61.5 cm³/mol. The van der Waals surface area contributed by atoms with Crippen LogP contribution in [0.4, 0.5) is 0 Å². The molecule has 0 saturated heterocycles. The van der Waals surface area contributed by atoms with E-state index in [0.29, 0.717) is 0 Å². The zero-order valence-corrected chi connectivity index (χ0v) is 8.90. The molecule has 0 spiro atoms. The van der Waals surface area contributed by atoms with Gasteiger partial charge in [0.2, 0.25) is 0 Å². The summed E-state index contributed by atoms with van der Waals surface area (Å²) in [4.78, 5) is 6.91. The number of benzene rings is 1. The van der Waals surface area contributed by atoms with Crippen molar-refractivity contribution in [2.24, 2.45) is 0 Å². The van der Waals surface area contributed by atoms with Crippen molar-refractivity contribution in [3.8, 4) is 0 Å². The Bertz CT molecular complexity index is 464. The second-order valence-electron chi connectivity index (χ2n) is 4.08. The summed E-state index contributed by atoms with van der Waals surface area (Å²) in [7, 11) is 0. The minimum absolute atomic E-state index is 0.991. The van der Waals surface area contributed by atoms with Crippen LogP contribution in [0, 0.1) is 0 Å². The highest BCUT2D eigenvalue weighted by Gasteiger charge is 2.17. The summed E-state index contributed by atoms with van der Waals surface area (Å²) in [6.45, 7) is 5.35. The van der Waals surface area contributed by atoms with Crippen LogP contribution in [-0.2, 0) is 13.1 Å². The molecule has 0 saturated carbocycles. The summed E-state index contributed by atoms with van der Waals surface area (Å²) in [6.07, 6.45) is 1.92. The molecular formula is C13H14N2. The first kappa shape index (κ1) is 8.86. The fourth-order valence-electron chi connectivity index (χ4n) is 2.37. The van der Waals surface area contributed by atoms with Crippen LogP contribution in [-0.4, -0.2) is 16.4 Å². The molecule has 2 aromatic rings. The lowest BCUT2D eigenvalue weighted by molar-refractivity contribution is 0.263. The molecule has 0 fully saturated rings. The fourth-order valence-corrected chi connectivity index (χ4v) is 2.37. The van der Waals surface area contributed by atoms with Crippen LogP contribution in [0.2, 0.25) is 0 Å². The smallest absolute Gasteiger partial charge is 0.0625 e. The maximum absolute atomic E-state index is 4.49. The van der Waals surface area contributed by atoms with Crippen molar-refractivity contribution in [1.29, 1.82) is 0 Å². The van der Waals surface area contributed by atoms with Crippen LogP contribution in [0.5, 0.6) is 0 Å². The molecule has 0 aliphatic carbocycles. The van der Waals surface area contributed by atoms with Crippen LogP contribution in [0.25, 0.3) is 10.8 Å². The minimum Gasteiger partial charge on any atom is -0.293 e. The Morgan fingerprint density at radius 1 is 1.27 bits per heavy atom. The number of hydrogen-bond acceptors (Lipinski definition) is 2. The summed E-state index contributed by atoms with van der Waals surface area (Å²) < 4.78 is 0. The van der Waals surface area contributed by atoms with Crippen molar-refractivity contribution < 1.29 is 0 Å². The summed E-state index contributed by atoms with van der Waals surface area (Å²) >= 11 is 0. The molecule has 76 valence electrons. The molecule has 3 rings (SSSR count). The first-order valence-corrected chi connectivity index (χ1v) is 5.46. The molecule has 15 heavy (non-hydrogen) atoms. The molecule has 2 nitrogen and oxygen atoms in total. The van der Waals surface area contributed by atoms with Gasteiger partial charge in [-0.1, -0.05) is 25.1 Å². The van der Waals surface area contributed by atoms with Gasteiger partial charge in [0.1, 0.15) is 0 Å². The lowest BCUT2D eigenvalue weighted by Gasteiger charge is -2.26. The van der Waals surface area contributed by atoms with Gasteiger partial charge in [-0.15, -0.1) is 0 Å². The number of aromatic nitrogens is 1. The standard InChI is InChI=1S/C13H14N2/c1-2-15-8-11-5-3-4-10-6-7-14-12(9-15)13(10)11/h3-7H,2,8-9H2,1H3. The third kappa shape index (κ3) is 1.33. The Morgan fingerprint density at radius 2 is 2.20 bits per heavy atom. The van der Waals surface area contributed by atoms with Gasteiger partial charge in [0.15, 0.2) is 0 Å². The van der Waals surface area contributed by atoms with Crippen molar-refractivity contribution in [1.82, 2.24) is 9.88 Å². The molecule has 2 heteroatoms. The Morgan fingerprint density at radius 3 is 3.07 bits per heavy atom. The normalized spacial score (nSPS) is 15.8. The van der Waals surface area contributed by atoms with Gasteiger partial charge in [0, 0.05) is 24.7 Å². The Hall–Kier alpha value is -1.41. The van der Waals surface area contributed by atoms with Gasteiger partial charge in [-0.3, -0.25) is 9.88 Å². The molecule has 0 radical (unpaired) electrons. The van der Waals surface area contributed by atoms with E-state index in [1.807, 2.05) is 6.20 Å². The molecule has 1 aromatic heterocycles. The van der Waals surface area contributed by atoms with Crippen LogP contribution in [0.1, 0.15) is 18.2 Å². The van der Waals surface area contributed by atoms with E-state index in [1.54, 1.807) is 0 Å². The molecule has 0 unspecified atom stereocenters. The van der Waals surface area contributed by atoms with E-state index < -0.39 is 0 Å². The van der Waals surface area contributed by atoms with Crippen LogP contribution < -0.4 is 0 Å². The maximum atomic E-state index is 4.49. The van der Waals surface area contributed by atoms with Crippen molar-refractivity contribution in [2.45, 2.75) is 20.0 Å². The first-order valence-electron chi connectivity index (χ1n) is 5.46. The quantitative estimate of drug-likeness (QED) is 0.700. The highest BCUT2D eigenvalue weighted by Crippen LogP contribution is 2.27. The fraction of sp³-hybridized carbons (Fsp3) is 0.308. The minimum atomic E-state index is 0.991. The molecule has 2 heterocycles. The molecule has 0 bridgehead atoms. The van der Waals surface area contributed by atoms with Crippen molar-refractivity contribution >= 4 is 10.8 Å². The molecule has 0 amide bonds. The number of nitrogens with zero attached hydrogens (tertiary/aromatic N) is 2. The highest BCUT2D eigenvalue weighted by atomic mass is 15.1. The van der Waals surface area contributed by atoms with Crippen molar-refractivity contribution in [2.75, 3.05) is 6.54 Å². The second-order valence-corrected chi connectivity index (χ2v) is 4.08. The molecule has 1 aromatic carbocycles. The van der Waals surface area contributed by atoms with E-state index in [-0.39, 0.29) is 0 Å². The van der Waals surface area contributed by atoms with Gasteiger partial charge in [-0.05, 0) is 23.6 Å². The van der Waals surface area contributed by atoms with Crippen molar-refractivity contribution in [3.63, 3.8) is 0 Å². The third-order valence-corrected chi connectivity index (χ3v) is 3.17. The average Bonchev–Trinajstić information content (AvgIpc) is 2.29. The summed E-state index contributed by atoms with van der Waals surface area (Å²) in [6, 6.07) is 8.63. The van der Waals surface area contributed by atoms with Gasteiger partial charge in [0.25, 0.3) is 0 Å². The summed E-state index contributed by atoms with van der Waals surface area (Å²) in [5, 5.41) is 2.71. The van der Waals surface area contributed by atoms with Crippen LogP contribution in [0.15, 0.2) is 30.5 Å². The summed E-state index contributed by atoms with van der Waals surface area (Å²) in [5.74, 6) is 0. The Balaban J connectivity index is 2.27. The van der Waals surface area contributed by atoms with E-state index >= 15 is 0 Å². The van der Waals surface area contributed by atoms with E-state index in [1.165, 1.54) is 22.0 Å².